The molecule has 1 aliphatic heterocycles. The summed E-state index contributed by atoms with van der Waals surface area (Å²) >= 11 is 0. The number of rotatable bonds is 1. The van der Waals surface area contributed by atoms with Crippen LogP contribution in [0.1, 0.15) is 13.3 Å². The van der Waals surface area contributed by atoms with E-state index < -0.39 is 30.7 Å². The molecule has 0 aromatic carbocycles. The van der Waals surface area contributed by atoms with Crippen LogP contribution in [0.15, 0.2) is 0 Å². The van der Waals surface area contributed by atoms with Crippen LogP contribution in [0, 0.1) is 0 Å². The predicted molar refractivity (Wildman–Crippen MR) is 39.2 cm³/mol. The fourth-order valence-corrected chi connectivity index (χ4v) is 1.33. The summed E-state index contributed by atoms with van der Waals surface area (Å²) in [5.74, 6) is -1.71. The summed E-state index contributed by atoms with van der Waals surface area (Å²) in [6.45, 7) is 0.939. The molecule has 12 heavy (non-hydrogen) atoms. The highest BCUT2D eigenvalue weighted by atomic mass is 16.6. The van der Waals surface area contributed by atoms with Crippen molar-refractivity contribution in [2.24, 2.45) is 0 Å². The third-order valence-electron chi connectivity index (χ3n) is 2.06. The maximum absolute atomic E-state index is 9.40. The minimum atomic E-state index is -1.71. The van der Waals surface area contributed by atoms with Crippen molar-refractivity contribution in [2.75, 3.05) is 6.61 Å². The summed E-state index contributed by atoms with van der Waals surface area (Å²) < 4.78 is 4.90. The van der Waals surface area contributed by atoms with Crippen LogP contribution in [0.3, 0.4) is 0 Å². The second-order valence-electron chi connectivity index (χ2n) is 3.19. The topological polar surface area (TPSA) is 90.2 Å². The van der Waals surface area contributed by atoms with E-state index in [4.69, 9.17) is 9.84 Å². The zero-order chi connectivity index (χ0) is 9.35. The average molecular weight is 178 g/mol. The van der Waals surface area contributed by atoms with Crippen LogP contribution in [0.25, 0.3) is 0 Å². The van der Waals surface area contributed by atoms with Crippen molar-refractivity contribution in [3.63, 3.8) is 0 Å². The standard InChI is InChI=1S/C7H14O5/c1-4-6(10)5(9)2-7(11,3-8)12-4/h4-6,8-11H,2-3H2,1H3/t4-,5?,6?,7?/m0/s1. The smallest absolute Gasteiger partial charge is 0.192 e. The van der Waals surface area contributed by atoms with E-state index in [9.17, 15) is 15.3 Å². The molecule has 0 aromatic rings. The van der Waals surface area contributed by atoms with E-state index in [1.165, 1.54) is 6.92 Å². The maximum Gasteiger partial charge on any atom is 0.192 e. The van der Waals surface area contributed by atoms with Gasteiger partial charge in [0, 0.05) is 6.42 Å². The number of hydrogen-bond donors (Lipinski definition) is 4. The van der Waals surface area contributed by atoms with Gasteiger partial charge in [-0.2, -0.15) is 0 Å². The molecule has 0 radical (unpaired) electrons. The Kier molecular flexibility index (Phi) is 2.70. The Balaban J connectivity index is 2.65. The molecule has 4 atom stereocenters. The minimum Gasteiger partial charge on any atom is -0.391 e. The number of hydrogen-bond acceptors (Lipinski definition) is 5. The monoisotopic (exact) mass is 178 g/mol. The zero-order valence-electron chi connectivity index (χ0n) is 6.84. The van der Waals surface area contributed by atoms with E-state index in [0.717, 1.165) is 0 Å². The summed E-state index contributed by atoms with van der Waals surface area (Å²) in [5.41, 5.74) is 0. The Morgan fingerprint density at radius 2 is 2.08 bits per heavy atom. The van der Waals surface area contributed by atoms with Crippen molar-refractivity contribution in [1.29, 1.82) is 0 Å². The van der Waals surface area contributed by atoms with Crippen LogP contribution in [-0.4, -0.2) is 51.1 Å². The molecule has 0 amide bonds. The Labute approximate surface area is 70.2 Å². The lowest BCUT2D eigenvalue weighted by molar-refractivity contribution is -0.307. The summed E-state index contributed by atoms with van der Waals surface area (Å²) in [6, 6.07) is 0. The highest BCUT2D eigenvalue weighted by Gasteiger charge is 2.42. The molecule has 4 N–H and O–H groups in total. The van der Waals surface area contributed by atoms with Gasteiger partial charge in [0.2, 0.25) is 0 Å². The molecule has 0 aliphatic carbocycles. The molecule has 1 aliphatic rings. The van der Waals surface area contributed by atoms with E-state index in [1.54, 1.807) is 0 Å². The molecule has 1 saturated heterocycles. The SMILES string of the molecule is C[C@@H]1OC(O)(CO)CC(O)C1O. The van der Waals surface area contributed by atoms with Gasteiger partial charge in [0.25, 0.3) is 0 Å². The molecule has 0 spiro atoms. The van der Waals surface area contributed by atoms with Gasteiger partial charge in [-0.1, -0.05) is 0 Å². The highest BCUT2D eigenvalue weighted by molar-refractivity contribution is 4.86. The molecule has 1 rings (SSSR count). The normalized spacial score (nSPS) is 49.2. The fourth-order valence-electron chi connectivity index (χ4n) is 1.33. The van der Waals surface area contributed by atoms with Gasteiger partial charge in [0.05, 0.1) is 18.8 Å². The van der Waals surface area contributed by atoms with Gasteiger partial charge in [-0.05, 0) is 6.92 Å². The van der Waals surface area contributed by atoms with Gasteiger partial charge in [0.15, 0.2) is 5.79 Å². The Hall–Kier alpha value is -0.200. The van der Waals surface area contributed by atoms with E-state index in [-0.39, 0.29) is 6.42 Å². The van der Waals surface area contributed by atoms with Gasteiger partial charge >= 0.3 is 0 Å². The van der Waals surface area contributed by atoms with Crippen LogP contribution in [0.5, 0.6) is 0 Å². The van der Waals surface area contributed by atoms with Gasteiger partial charge in [-0.25, -0.2) is 0 Å². The summed E-state index contributed by atoms with van der Waals surface area (Å²) in [5, 5.41) is 36.5. The minimum absolute atomic E-state index is 0.172. The van der Waals surface area contributed by atoms with E-state index in [2.05, 4.69) is 0 Å². The molecule has 1 heterocycles. The molecule has 1 fully saturated rings. The van der Waals surface area contributed by atoms with Gasteiger partial charge < -0.3 is 25.2 Å². The maximum atomic E-state index is 9.40. The van der Waals surface area contributed by atoms with Crippen molar-refractivity contribution in [2.45, 2.75) is 37.4 Å². The van der Waals surface area contributed by atoms with Gasteiger partial charge in [-0.3, -0.25) is 0 Å². The lowest BCUT2D eigenvalue weighted by Gasteiger charge is -2.40. The molecular formula is C7H14O5. The van der Waals surface area contributed by atoms with Gasteiger partial charge in [-0.15, -0.1) is 0 Å². The predicted octanol–water partition coefficient (Wildman–Crippen LogP) is -1.80. The Morgan fingerprint density at radius 3 is 2.50 bits per heavy atom. The average Bonchev–Trinajstić information content (AvgIpc) is 2.00. The first-order valence-corrected chi connectivity index (χ1v) is 3.86. The second-order valence-corrected chi connectivity index (χ2v) is 3.19. The second kappa shape index (κ2) is 3.27. The molecular weight excluding hydrogens is 164 g/mol. The molecule has 0 bridgehead atoms. The third-order valence-corrected chi connectivity index (χ3v) is 2.06. The van der Waals surface area contributed by atoms with E-state index in [1.807, 2.05) is 0 Å². The molecule has 3 unspecified atom stereocenters. The fraction of sp³-hybridized carbons (Fsp3) is 1.00. The van der Waals surface area contributed by atoms with Crippen LogP contribution in [-0.2, 0) is 4.74 Å². The van der Waals surface area contributed by atoms with Crippen LogP contribution >= 0.6 is 0 Å². The highest BCUT2D eigenvalue weighted by Crippen LogP contribution is 2.26. The van der Waals surface area contributed by atoms with Crippen LogP contribution < -0.4 is 0 Å². The molecule has 72 valence electrons. The zero-order valence-corrected chi connectivity index (χ0v) is 6.84. The van der Waals surface area contributed by atoms with Crippen molar-refractivity contribution in [1.82, 2.24) is 0 Å². The third kappa shape index (κ3) is 1.75. The quantitative estimate of drug-likeness (QED) is 0.380. The summed E-state index contributed by atoms with van der Waals surface area (Å²) in [6.07, 6.45) is -2.90. The van der Waals surface area contributed by atoms with Crippen molar-refractivity contribution >= 4 is 0 Å². The lowest BCUT2D eigenvalue weighted by Crippen LogP contribution is -2.55. The Morgan fingerprint density at radius 1 is 1.50 bits per heavy atom. The largest absolute Gasteiger partial charge is 0.391 e. The molecule has 5 nitrogen and oxygen atoms in total. The Bertz CT molecular complexity index is 148. The van der Waals surface area contributed by atoms with Gasteiger partial charge in [0.1, 0.15) is 6.10 Å². The molecule has 0 saturated carbocycles. The van der Waals surface area contributed by atoms with Crippen LogP contribution in [0.2, 0.25) is 0 Å². The van der Waals surface area contributed by atoms with Crippen molar-refractivity contribution in [3.05, 3.63) is 0 Å². The summed E-state index contributed by atoms with van der Waals surface area (Å²) in [4.78, 5) is 0. The number of ether oxygens (including phenoxy) is 1. The molecule has 0 aromatic heterocycles. The first-order valence-electron chi connectivity index (χ1n) is 3.86. The summed E-state index contributed by atoms with van der Waals surface area (Å²) in [7, 11) is 0. The number of aliphatic hydroxyl groups is 4. The first kappa shape index (κ1) is 9.88. The van der Waals surface area contributed by atoms with Crippen molar-refractivity contribution < 1.29 is 25.2 Å². The lowest BCUT2D eigenvalue weighted by atomic mass is 9.97. The number of aliphatic hydroxyl groups excluding tert-OH is 3. The first-order chi connectivity index (χ1) is 5.48. The van der Waals surface area contributed by atoms with Crippen molar-refractivity contribution in [3.8, 4) is 0 Å². The van der Waals surface area contributed by atoms with E-state index >= 15 is 0 Å². The van der Waals surface area contributed by atoms with E-state index in [0.29, 0.717) is 0 Å². The molecule has 5 heteroatoms. The van der Waals surface area contributed by atoms with Crippen LogP contribution in [0.4, 0.5) is 0 Å².